The fraction of sp³-hybridized carbons (Fsp3) is 0.929. The van der Waals surface area contributed by atoms with Gasteiger partial charge in [0.15, 0.2) is 0 Å². The Hall–Kier alpha value is -0.910. The van der Waals surface area contributed by atoms with E-state index >= 15 is 0 Å². The van der Waals surface area contributed by atoms with Crippen molar-refractivity contribution >= 4 is 6.09 Å². The molecular formula is C14H25F2NO3. The minimum atomic E-state index is -2.80. The number of amides is 1. The van der Waals surface area contributed by atoms with Crippen LogP contribution in [0.5, 0.6) is 0 Å². The molecule has 1 aliphatic rings. The van der Waals surface area contributed by atoms with Gasteiger partial charge in [0, 0.05) is 26.1 Å². The molecule has 1 fully saturated rings. The highest BCUT2D eigenvalue weighted by Gasteiger charge is 2.37. The average Bonchev–Trinajstić information content (AvgIpc) is 2.24. The molecule has 2 atom stereocenters. The zero-order valence-corrected chi connectivity index (χ0v) is 12.7. The molecule has 0 radical (unpaired) electrons. The molecule has 2 unspecified atom stereocenters. The van der Waals surface area contributed by atoms with E-state index in [1.165, 1.54) is 4.90 Å². The van der Waals surface area contributed by atoms with Crippen LogP contribution in [0.3, 0.4) is 0 Å². The Morgan fingerprint density at radius 3 is 2.35 bits per heavy atom. The highest BCUT2D eigenvalue weighted by atomic mass is 19.3. The third-order valence-electron chi connectivity index (χ3n) is 3.40. The first-order chi connectivity index (χ1) is 9.02. The van der Waals surface area contributed by atoms with E-state index in [1.807, 2.05) is 0 Å². The van der Waals surface area contributed by atoms with Crippen molar-refractivity contribution in [3.8, 4) is 0 Å². The number of halogens is 2. The number of rotatable bonds is 3. The Bertz CT molecular complexity index is 336. The molecular weight excluding hydrogens is 268 g/mol. The maximum atomic E-state index is 13.2. The molecule has 20 heavy (non-hydrogen) atoms. The van der Waals surface area contributed by atoms with Crippen LogP contribution in [0, 0.1) is 11.8 Å². The first-order valence-corrected chi connectivity index (χ1v) is 6.98. The molecule has 0 aliphatic carbocycles. The van der Waals surface area contributed by atoms with Crippen molar-refractivity contribution in [2.75, 3.05) is 19.7 Å². The summed E-state index contributed by atoms with van der Waals surface area (Å²) in [4.78, 5) is 13.4. The van der Waals surface area contributed by atoms with Gasteiger partial charge in [-0.3, -0.25) is 0 Å². The van der Waals surface area contributed by atoms with E-state index < -0.39 is 23.5 Å². The van der Waals surface area contributed by atoms with E-state index in [4.69, 9.17) is 4.74 Å². The summed E-state index contributed by atoms with van der Waals surface area (Å²) in [6, 6.07) is 0. The largest absolute Gasteiger partial charge is 0.444 e. The maximum absolute atomic E-state index is 13.2. The summed E-state index contributed by atoms with van der Waals surface area (Å²) in [5.74, 6) is -3.38. The zero-order chi connectivity index (χ0) is 15.6. The molecule has 0 spiro atoms. The third kappa shape index (κ3) is 5.61. The van der Waals surface area contributed by atoms with Crippen LogP contribution in [-0.4, -0.2) is 47.3 Å². The van der Waals surface area contributed by atoms with E-state index in [2.05, 4.69) is 0 Å². The van der Waals surface area contributed by atoms with Gasteiger partial charge >= 0.3 is 6.09 Å². The number of hydrogen-bond acceptors (Lipinski definition) is 3. The van der Waals surface area contributed by atoms with E-state index in [0.717, 1.165) is 6.92 Å². The highest BCUT2D eigenvalue weighted by molar-refractivity contribution is 5.68. The van der Waals surface area contributed by atoms with Crippen molar-refractivity contribution in [3.63, 3.8) is 0 Å². The van der Waals surface area contributed by atoms with Crippen molar-refractivity contribution in [3.05, 3.63) is 0 Å². The van der Waals surface area contributed by atoms with Crippen molar-refractivity contribution in [1.82, 2.24) is 4.90 Å². The number of likely N-dealkylation sites (tertiary alicyclic amines) is 1. The predicted molar refractivity (Wildman–Crippen MR) is 71.7 cm³/mol. The van der Waals surface area contributed by atoms with E-state index in [-0.39, 0.29) is 25.5 Å². The summed E-state index contributed by atoms with van der Waals surface area (Å²) in [6.07, 6.45) is -0.271. The van der Waals surface area contributed by atoms with Gasteiger partial charge in [-0.2, -0.15) is 0 Å². The van der Waals surface area contributed by atoms with Gasteiger partial charge in [-0.25, -0.2) is 13.6 Å². The molecule has 1 heterocycles. The molecule has 1 rings (SSSR count). The van der Waals surface area contributed by atoms with E-state index in [0.29, 0.717) is 13.0 Å². The summed E-state index contributed by atoms with van der Waals surface area (Å²) in [5, 5.41) is 9.29. The summed E-state index contributed by atoms with van der Waals surface area (Å²) in [5.41, 5.74) is -0.602. The Morgan fingerprint density at radius 1 is 1.30 bits per heavy atom. The summed E-state index contributed by atoms with van der Waals surface area (Å²) >= 11 is 0. The van der Waals surface area contributed by atoms with Crippen LogP contribution in [-0.2, 0) is 4.74 Å². The van der Waals surface area contributed by atoms with Crippen LogP contribution in [0.15, 0.2) is 0 Å². The first-order valence-electron chi connectivity index (χ1n) is 6.98. The lowest BCUT2D eigenvalue weighted by Crippen LogP contribution is -2.47. The molecule has 0 saturated carbocycles. The number of carbonyl (C=O) groups excluding carboxylic acids is 1. The molecule has 4 nitrogen and oxygen atoms in total. The number of alkyl halides is 2. The van der Waals surface area contributed by atoms with Gasteiger partial charge in [-0.1, -0.05) is 0 Å². The van der Waals surface area contributed by atoms with Gasteiger partial charge in [0.05, 0.1) is 0 Å². The number of piperidine rings is 1. The highest BCUT2D eigenvalue weighted by Crippen LogP contribution is 2.33. The second-order valence-corrected chi connectivity index (χ2v) is 6.69. The van der Waals surface area contributed by atoms with Gasteiger partial charge in [0.1, 0.15) is 5.60 Å². The number of aliphatic hydroxyl groups excluding tert-OH is 1. The molecule has 1 N–H and O–H groups in total. The van der Waals surface area contributed by atoms with Crippen molar-refractivity contribution in [2.24, 2.45) is 11.8 Å². The topological polar surface area (TPSA) is 49.8 Å². The second-order valence-electron chi connectivity index (χ2n) is 6.69. The molecule has 6 heteroatoms. The molecule has 0 aromatic rings. The lowest BCUT2D eigenvalue weighted by atomic mass is 9.82. The lowest BCUT2D eigenvalue weighted by molar-refractivity contribution is -0.0417. The number of hydrogen-bond donors (Lipinski definition) is 1. The van der Waals surface area contributed by atoms with E-state index in [9.17, 15) is 18.7 Å². The summed E-state index contributed by atoms with van der Waals surface area (Å²) in [7, 11) is 0. The molecule has 1 amide bonds. The van der Waals surface area contributed by atoms with Crippen LogP contribution in [0.1, 0.15) is 40.5 Å². The third-order valence-corrected chi connectivity index (χ3v) is 3.40. The molecule has 0 aromatic heterocycles. The van der Waals surface area contributed by atoms with Gasteiger partial charge in [-0.15, -0.1) is 0 Å². The monoisotopic (exact) mass is 293 g/mol. The van der Waals surface area contributed by atoms with Crippen molar-refractivity contribution in [1.29, 1.82) is 0 Å². The molecule has 1 aliphatic heterocycles. The standard InChI is InChI=1S/C14H25F2NO3/c1-13(2,3)20-12(19)17-6-5-10(9-18)11(8-17)7-14(4,15)16/h10-11,18H,5-9H2,1-4H3. The van der Waals surface area contributed by atoms with Crippen LogP contribution in [0.2, 0.25) is 0 Å². The average molecular weight is 293 g/mol. The first kappa shape index (κ1) is 17.1. The van der Waals surface area contributed by atoms with Crippen LogP contribution < -0.4 is 0 Å². The number of nitrogens with zero attached hydrogens (tertiary/aromatic N) is 1. The van der Waals surface area contributed by atoms with Crippen LogP contribution in [0.4, 0.5) is 13.6 Å². The Kier molecular flexibility index (Phi) is 5.35. The lowest BCUT2D eigenvalue weighted by Gasteiger charge is -2.39. The quantitative estimate of drug-likeness (QED) is 0.870. The molecule has 0 aromatic carbocycles. The minimum absolute atomic E-state index is 0.122. The fourth-order valence-corrected chi connectivity index (χ4v) is 2.51. The SMILES string of the molecule is CC(F)(F)CC1CN(C(=O)OC(C)(C)C)CCC1CO. The normalized spacial score (nSPS) is 24.6. The second kappa shape index (κ2) is 6.24. The smallest absolute Gasteiger partial charge is 0.410 e. The maximum Gasteiger partial charge on any atom is 0.410 e. The summed E-state index contributed by atoms with van der Waals surface area (Å²) in [6.45, 7) is 6.70. The van der Waals surface area contributed by atoms with Gasteiger partial charge in [-0.05, 0) is 46.0 Å². The number of carbonyl (C=O) groups is 1. The minimum Gasteiger partial charge on any atom is -0.444 e. The van der Waals surface area contributed by atoms with Gasteiger partial charge in [0.25, 0.3) is 0 Å². The van der Waals surface area contributed by atoms with Crippen molar-refractivity contribution in [2.45, 2.75) is 52.1 Å². The Labute approximate surface area is 119 Å². The van der Waals surface area contributed by atoms with Crippen LogP contribution in [0.25, 0.3) is 0 Å². The predicted octanol–water partition coefficient (Wildman–Crippen LogP) is 2.90. The van der Waals surface area contributed by atoms with E-state index in [1.54, 1.807) is 20.8 Å². The zero-order valence-electron chi connectivity index (χ0n) is 12.7. The molecule has 0 bridgehead atoms. The van der Waals surface area contributed by atoms with Crippen LogP contribution >= 0.6 is 0 Å². The van der Waals surface area contributed by atoms with Crippen molar-refractivity contribution < 1.29 is 23.4 Å². The Balaban J connectivity index is 2.67. The summed E-state index contributed by atoms with van der Waals surface area (Å²) < 4.78 is 31.7. The number of aliphatic hydroxyl groups is 1. The number of ether oxygens (including phenoxy) is 1. The Morgan fingerprint density at radius 2 is 1.90 bits per heavy atom. The molecule has 1 saturated heterocycles. The van der Waals surface area contributed by atoms with Gasteiger partial charge < -0.3 is 14.7 Å². The van der Waals surface area contributed by atoms with Gasteiger partial charge in [0.2, 0.25) is 5.92 Å². The fourth-order valence-electron chi connectivity index (χ4n) is 2.51. The molecule has 118 valence electrons.